The van der Waals surface area contributed by atoms with Crippen LogP contribution in [0.2, 0.25) is 5.02 Å². The standard InChI is InChI=1S/C20H14ClFO5/c1-10-9-26-14-8-7-13-16(15(10)14)27-18(11-3-5-12(21)6-4-11)20(22,17(13)23)19(24)25-2/h3-9,18H,1-2H3. The van der Waals surface area contributed by atoms with E-state index >= 15 is 4.39 Å². The molecule has 0 amide bonds. The minimum absolute atomic E-state index is 0.0369. The van der Waals surface area contributed by atoms with Gasteiger partial charge in [-0.15, -0.1) is 0 Å². The Labute approximate surface area is 158 Å². The van der Waals surface area contributed by atoms with E-state index in [1.54, 1.807) is 13.0 Å². The number of hydrogen-bond acceptors (Lipinski definition) is 5. The number of hydrogen-bond donors (Lipinski definition) is 0. The number of ether oxygens (including phenoxy) is 2. The lowest BCUT2D eigenvalue weighted by molar-refractivity contribution is -0.157. The van der Waals surface area contributed by atoms with Gasteiger partial charge in [-0.05, 0) is 42.3 Å². The lowest BCUT2D eigenvalue weighted by atomic mass is 9.82. The summed E-state index contributed by atoms with van der Waals surface area (Å²) in [6, 6.07) is 9.00. The van der Waals surface area contributed by atoms with Gasteiger partial charge in [0.15, 0.2) is 6.10 Å². The number of furan rings is 1. The molecule has 0 saturated heterocycles. The first-order chi connectivity index (χ1) is 12.9. The number of carbonyl (C=O) groups excluding carboxylic acids is 2. The lowest BCUT2D eigenvalue weighted by Gasteiger charge is -2.35. The minimum atomic E-state index is -3.03. The normalized spacial score (nSPS) is 21.6. The minimum Gasteiger partial charge on any atom is -0.480 e. The van der Waals surface area contributed by atoms with Crippen molar-refractivity contribution < 1.29 is 27.9 Å². The van der Waals surface area contributed by atoms with Crippen molar-refractivity contribution in [1.82, 2.24) is 0 Å². The molecule has 2 heterocycles. The molecule has 1 aromatic heterocycles. The van der Waals surface area contributed by atoms with E-state index in [2.05, 4.69) is 4.74 Å². The molecule has 2 aromatic carbocycles. The van der Waals surface area contributed by atoms with Crippen molar-refractivity contribution in [2.24, 2.45) is 0 Å². The summed E-state index contributed by atoms with van der Waals surface area (Å²) in [6.45, 7) is 1.79. The third-order valence-corrected chi connectivity index (χ3v) is 4.96. The molecule has 5 nitrogen and oxygen atoms in total. The Balaban J connectivity index is 1.98. The number of ketones is 1. The summed E-state index contributed by atoms with van der Waals surface area (Å²) in [5.74, 6) is -2.15. The molecule has 0 bridgehead atoms. The van der Waals surface area contributed by atoms with Crippen molar-refractivity contribution in [3.8, 4) is 5.75 Å². The third-order valence-electron chi connectivity index (χ3n) is 4.70. The predicted molar refractivity (Wildman–Crippen MR) is 96.0 cm³/mol. The highest BCUT2D eigenvalue weighted by molar-refractivity contribution is 6.30. The van der Waals surface area contributed by atoms with Gasteiger partial charge < -0.3 is 13.9 Å². The monoisotopic (exact) mass is 388 g/mol. The number of halogens is 2. The van der Waals surface area contributed by atoms with E-state index < -0.39 is 23.5 Å². The zero-order valence-corrected chi connectivity index (χ0v) is 15.2. The number of methoxy groups -OCH3 is 1. The summed E-state index contributed by atoms with van der Waals surface area (Å²) in [7, 11) is 1.02. The van der Waals surface area contributed by atoms with Crippen LogP contribution < -0.4 is 4.74 Å². The molecule has 0 radical (unpaired) electrons. The maximum atomic E-state index is 15.9. The molecule has 1 aliphatic rings. The van der Waals surface area contributed by atoms with E-state index in [0.29, 0.717) is 16.0 Å². The number of carbonyl (C=O) groups is 2. The van der Waals surface area contributed by atoms with E-state index in [-0.39, 0.29) is 16.9 Å². The molecule has 0 saturated carbocycles. The Morgan fingerprint density at radius 3 is 2.59 bits per heavy atom. The number of alkyl halides is 1. The number of Topliss-reactive ketones (excluding diaryl/α,β-unsaturated/α-hetero) is 1. The van der Waals surface area contributed by atoms with Gasteiger partial charge in [0.05, 0.1) is 24.3 Å². The maximum Gasteiger partial charge on any atom is 0.356 e. The molecule has 3 aromatic rings. The topological polar surface area (TPSA) is 65.7 Å². The highest BCUT2D eigenvalue weighted by Gasteiger charge is 2.60. The van der Waals surface area contributed by atoms with E-state index in [1.165, 1.54) is 36.6 Å². The molecule has 7 heteroatoms. The first kappa shape index (κ1) is 17.5. The Morgan fingerprint density at radius 2 is 1.93 bits per heavy atom. The molecule has 27 heavy (non-hydrogen) atoms. The first-order valence-electron chi connectivity index (χ1n) is 8.13. The zero-order valence-electron chi connectivity index (χ0n) is 14.4. The zero-order chi connectivity index (χ0) is 19.3. The van der Waals surface area contributed by atoms with Crippen molar-refractivity contribution in [1.29, 1.82) is 0 Å². The smallest absolute Gasteiger partial charge is 0.356 e. The molecule has 1 aliphatic heterocycles. The number of benzene rings is 2. The predicted octanol–water partition coefficient (Wildman–Crippen LogP) is 4.59. The number of esters is 1. The van der Waals surface area contributed by atoms with Gasteiger partial charge in [0.1, 0.15) is 11.3 Å². The Morgan fingerprint density at radius 1 is 1.22 bits per heavy atom. The molecule has 2 atom stereocenters. The summed E-state index contributed by atoms with van der Waals surface area (Å²) >= 11 is 5.90. The van der Waals surface area contributed by atoms with Gasteiger partial charge >= 0.3 is 11.6 Å². The second kappa shape index (κ2) is 6.09. The Bertz CT molecular complexity index is 1070. The molecule has 0 aliphatic carbocycles. The maximum absolute atomic E-state index is 15.9. The second-order valence-electron chi connectivity index (χ2n) is 6.32. The van der Waals surface area contributed by atoms with Gasteiger partial charge in [-0.1, -0.05) is 23.7 Å². The van der Waals surface area contributed by atoms with Gasteiger partial charge in [0, 0.05) is 5.02 Å². The third kappa shape index (κ3) is 2.44. The van der Waals surface area contributed by atoms with Gasteiger partial charge in [-0.25, -0.2) is 9.18 Å². The van der Waals surface area contributed by atoms with Crippen LogP contribution in [-0.2, 0) is 9.53 Å². The Hall–Kier alpha value is -2.86. The summed E-state index contributed by atoms with van der Waals surface area (Å²) in [5.41, 5.74) is -1.55. The van der Waals surface area contributed by atoms with Crippen LogP contribution in [-0.4, -0.2) is 24.5 Å². The summed E-state index contributed by atoms with van der Waals surface area (Å²) in [5, 5.41) is 0.989. The molecule has 0 N–H and O–H groups in total. The van der Waals surface area contributed by atoms with Gasteiger partial charge in [0.25, 0.3) is 0 Å². The fraction of sp³-hybridized carbons (Fsp3) is 0.200. The second-order valence-corrected chi connectivity index (χ2v) is 6.75. The van der Waals surface area contributed by atoms with Crippen LogP contribution in [0.15, 0.2) is 47.1 Å². The lowest BCUT2D eigenvalue weighted by Crippen LogP contribution is -2.52. The van der Waals surface area contributed by atoms with Crippen LogP contribution in [0.25, 0.3) is 11.0 Å². The summed E-state index contributed by atoms with van der Waals surface area (Å²) in [6.07, 6.45) is -0.00430. The SMILES string of the molecule is COC(=O)C1(F)C(=O)c2ccc3occ(C)c3c2OC1c1ccc(Cl)cc1. The van der Waals surface area contributed by atoms with Gasteiger partial charge in [-0.2, -0.15) is 0 Å². The fourth-order valence-electron chi connectivity index (χ4n) is 3.35. The van der Waals surface area contributed by atoms with Crippen LogP contribution in [0, 0.1) is 6.92 Å². The van der Waals surface area contributed by atoms with Crippen LogP contribution in [0.3, 0.4) is 0 Å². The van der Waals surface area contributed by atoms with E-state index in [9.17, 15) is 9.59 Å². The fourth-order valence-corrected chi connectivity index (χ4v) is 3.47. The molecule has 2 unspecified atom stereocenters. The van der Waals surface area contributed by atoms with E-state index in [1.807, 2.05) is 0 Å². The van der Waals surface area contributed by atoms with Crippen LogP contribution in [0.1, 0.15) is 27.6 Å². The van der Waals surface area contributed by atoms with Crippen molar-refractivity contribution in [2.75, 3.05) is 7.11 Å². The number of rotatable bonds is 2. The molecular formula is C20H14ClFO5. The van der Waals surface area contributed by atoms with E-state index in [0.717, 1.165) is 12.7 Å². The van der Waals surface area contributed by atoms with Crippen LogP contribution >= 0.6 is 11.6 Å². The Kier molecular flexibility index (Phi) is 3.96. The van der Waals surface area contributed by atoms with Crippen molar-refractivity contribution in [2.45, 2.75) is 18.7 Å². The first-order valence-corrected chi connectivity index (χ1v) is 8.50. The largest absolute Gasteiger partial charge is 0.480 e. The summed E-state index contributed by atoms with van der Waals surface area (Å²) in [4.78, 5) is 25.4. The van der Waals surface area contributed by atoms with Crippen molar-refractivity contribution >= 4 is 34.3 Å². The molecular weight excluding hydrogens is 375 g/mol. The number of aryl methyl sites for hydroxylation is 1. The molecule has 138 valence electrons. The van der Waals surface area contributed by atoms with E-state index in [4.69, 9.17) is 20.8 Å². The highest BCUT2D eigenvalue weighted by Crippen LogP contribution is 2.48. The van der Waals surface area contributed by atoms with Crippen LogP contribution in [0.5, 0.6) is 5.75 Å². The summed E-state index contributed by atoms with van der Waals surface area (Å²) < 4.78 is 31.9. The number of fused-ring (bicyclic) bond motifs is 3. The average Bonchev–Trinajstić information content (AvgIpc) is 3.06. The highest BCUT2D eigenvalue weighted by atomic mass is 35.5. The van der Waals surface area contributed by atoms with Crippen molar-refractivity contribution in [3.05, 3.63) is 64.4 Å². The molecule has 4 rings (SSSR count). The molecule has 0 spiro atoms. The van der Waals surface area contributed by atoms with Gasteiger partial charge in [-0.3, -0.25) is 4.79 Å². The molecule has 0 fully saturated rings. The van der Waals surface area contributed by atoms with Gasteiger partial charge in [0.2, 0.25) is 5.78 Å². The van der Waals surface area contributed by atoms with Crippen LogP contribution in [0.4, 0.5) is 4.39 Å². The quantitative estimate of drug-likeness (QED) is 0.474. The average molecular weight is 389 g/mol. The van der Waals surface area contributed by atoms with Crippen molar-refractivity contribution in [3.63, 3.8) is 0 Å².